The van der Waals surface area contributed by atoms with Crippen molar-refractivity contribution >= 4 is 0 Å². The lowest BCUT2D eigenvalue weighted by Crippen LogP contribution is -2.02. The van der Waals surface area contributed by atoms with E-state index in [1.165, 1.54) is 14.2 Å². The number of aromatic nitrogens is 2. The van der Waals surface area contributed by atoms with Gasteiger partial charge in [0.25, 0.3) is 0 Å². The molecule has 2 rings (SSSR count). The average molecular weight is 280 g/mol. The molecule has 0 unspecified atom stereocenters. The summed E-state index contributed by atoms with van der Waals surface area (Å²) in [5.74, 6) is 2.26. The molecule has 1 aromatic carbocycles. The predicted molar refractivity (Wildman–Crippen MR) is 68.8 cm³/mol. The van der Waals surface area contributed by atoms with E-state index in [1.54, 1.807) is 19.1 Å². The molecule has 108 valence electrons. The van der Waals surface area contributed by atoms with Crippen molar-refractivity contribution in [1.29, 1.82) is 0 Å². The van der Waals surface area contributed by atoms with Crippen LogP contribution >= 0.6 is 0 Å². The maximum absolute atomic E-state index is 9.19. The van der Waals surface area contributed by atoms with E-state index in [9.17, 15) is 5.11 Å². The summed E-state index contributed by atoms with van der Waals surface area (Å²) < 4.78 is 21.0. The SMILES string of the molecule is COc1cc(CO)cc(OC)c1OCc1noc(C)n1. The first-order chi connectivity index (χ1) is 9.67. The molecule has 0 aliphatic rings. The minimum Gasteiger partial charge on any atom is -0.493 e. The number of aliphatic hydroxyl groups excluding tert-OH is 1. The molecule has 0 spiro atoms. The highest BCUT2D eigenvalue weighted by atomic mass is 16.5. The van der Waals surface area contributed by atoms with Crippen molar-refractivity contribution in [3.8, 4) is 17.2 Å². The standard InChI is InChI=1S/C13H16N2O5/c1-8-14-12(15-20-8)7-19-13-10(17-2)4-9(6-16)5-11(13)18-3/h4-5,16H,6-7H2,1-3H3. The van der Waals surface area contributed by atoms with Crippen LogP contribution in [0.3, 0.4) is 0 Å². The fourth-order valence-electron chi connectivity index (χ4n) is 1.70. The second kappa shape index (κ2) is 6.25. The Morgan fingerprint density at radius 3 is 2.30 bits per heavy atom. The molecule has 0 aliphatic carbocycles. The number of hydrogen-bond acceptors (Lipinski definition) is 7. The molecule has 0 saturated heterocycles. The van der Waals surface area contributed by atoms with Gasteiger partial charge < -0.3 is 23.8 Å². The van der Waals surface area contributed by atoms with Gasteiger partial charge in [-0.05, 0) is 17.7 Å². The van der Waals surface area contributed by atoms with Gasteiger partial charge in [-0.1, -0.05) is 5.16 Å². The molecule has 1 aromatic heterocycles. The van der Waals surface area contributed by atoms with Crippen LogP contribution in [-0.2, 0) is 13.2 Å². The van der Waals surface area contributed by atoms with Crippen LogP contribution < -0.4 is 14.2 Å². The Bertz CT molecular complexity index is 557. The number of aliphatic hydroxyl groups is 1. The zero-order valence-corrected chi connectivity index (χ0v) is 11.5. The van der Waals surface area contributed by atoms with Gasteiger partial charge in [-0.2, -0.15) is 4.98 Å². The summed E-state index contributed by atoms with van der Waals surface area (Å²) in [5.41, 5.74) is 0.668. The van der Waals surface area contributed by atoms with Gasteiger partial charge in [-0.25, -0.2) is 0 Å². The van der Waals surface area contributed by atoms with E-state index in [0.717, 1.165) is 0 Å². The van der Waals surface area contributed by atoms with Crippen molar-refractivity contribution in [3.63, 3.8) is 0 Å². The summed E-state index contributed by atoms with van der Waals surface area (Å²) in [6.45, 7) is 1.72. The van der Waals surface area contributed by atoms with Crippen LogP contribution in [-0.4, -0.2) is 29.5 Å². The van der Waals surface area contributed by atoms with E-state index in [-0.39, 0.29) is 13.2 Å². The lowest BCUT2D eigenvalue weighted by molar-refractivity contribution is 0.250. The molecule has 1 N–H and O–H groups in total. The van der Waals surface area contributed by atoms with Gasteiger partial charge in [0.2, 0.25) is 17.5 Å². The van der Waals surface area contributed by atoms with Crippen LogP contribution in [0.25, 0.3) is 0 Å². The molecule has 20 heavy (non-hydrogen) atoms. The van der Waals surface area contributed by atoms with E-state index in [2.05, 4.69) is 10.1 Å². The van der Waals surface area contributed by atoms with Gasteiger partial charge in [-0.15, -0.1) is 0 Å². The van der Waals surface area contributed by atoms with Crippen molar-refractivity contribution in [3.05, 3.63) is 29.4 Å². The van der Waals surface area contributed by atoms with Crippen molar-refractivity contribution in [2.75, 3.05) is 14.2 Å². The first-order valence-electron chi connectivity index (χ1n) is 5.95. The third-order valence-corrected chi connectivity index (χ3v) is 2.62. The summed E-state index contributed by atoms with van der Waals surface area (Å²) in [6, 6.07) is 3.36. The fraction of sp³-hybridized carbons (Fsp3) is 0.385. The molecular formula is C13H16N2O5. The van der Waals surface area contributed by atoms with Gasteiger partial charge in [0.15, 0.2) is 18.1 Å². The number of methoxy groups -OCH3 is 2. The Hall–Kier alpha value is -2.28. The Kier molecular flexibility index (Phi) is 4.41. The molecule has 0 saturated carbocycles. The Morgan fingerprint density at radius 1 is 1.20 bits per heavy atom. The van der Waals surface area contributed by atoms with Crippen LogP contribution in [0.1, 0.15) is 17.3 Å². The molecule has 0 atom stereocenters. The van der Waals surface area contributed by atoms with Crippen LogP contribution in [0.15, 0.2) is 16.7 Å². The van der Waals surface area contributed by atoms with E-state index in [4.69, 9.17) is 18.7 Å². The minimum absolute atomic E-state index is 0.114. The van der Waals surface area contributed by atoms with E-state index in [1.807, 2.05) is 0 Å². The lowest BCUT2D eigenvalue weighted by Gasteiger charge is -2.14. The summed E-state index contributed by atoms with van der Waals surface area (Å²) >= 11 is 0. The second-order valence-electron chi connectivity index (χ2n) is 4.01. The zero-order valence-electron chi connectivity index (χ0n) is 11.5. The smallest absolute Gasteiger partial charge is 0.223 e. The molecule has 0 bridgehead atoms. The maximum atomic E-state index is 9.19. The summed E-state index contributed by atoms with van der Waals surface area (Å²) in [7, 11) is 3.03. The first-order valence-corrected chi connectivity index (χ1v) is 5.95. The zero-order chi connectivity index (χ0) is 14.5. The Morgan fingerprint density at radius 2 is 1.85 bits per heavy atom. The quantitative estimate of drug-likeness (QED) is 0.857. The maximum Gasteiger partial charge on any atom is 0.223 e. The third-order valence-electron chi connectivity index (χ3n) is 2.62. The topological polar surface area (TPSA) is 86.8 Å². The Balaban J connectivity index is 2.24. The van der Waals surface area contributed by atoms with E-state index >= 15 is 0 Å². The number of nitrogens with zero attached hydrogens (tertiary/aromatic N) is 2. The van der Waals surface area contributed by atoms with Crippen molar-refractivity contribution in [1.82, 2.24) is 10.1 Å². The molecule has 0 amide bonds. The summed E-state index contributed by atoms with van der Waals surface area (Å²) in [5, 5.41) is 12.9. The summed E-state index contributed by atoms with van der Waals surface area (Å²) in [4.78, 5) is 4.05. The van der Waals surface area contributed by atoms with Gasteiger partial charge in [0.05, 0.1) is 20.8 Å². The Labute approximate surface area is 116 Å². The first kappa shape index (κ1) is 14.1. The van der Waals surface area contributed by atoms with Crippen LogP contribution in [0.2, 0.25) is 0 Å². The molecule has 0 radical (unpaired) electrons. The second-order valence-corrected chi connectivity index (χ2v) is 4.01. The van der Waals surface area contributed by atoms with Crippen molar-refractivity contribution in [2.45, 2.75) is 20.1 Å². The number of rotatable bonds is 6. The largest absolute Gasteiger partial charge is 0.493 e. The predicted octanol–water partition coefficient (Wildman–Crippen LogP) is 1.47. The molecule has 1 heterocycles. The van der Waals surface area contributed by atoms with E-state index in [0.29, 0.717) is 34.5 Å². The lowest BCUT2D eigenvalue weighted by atomic mass is 10.2. The van der Waals surface area contributed by atoms with Gasteiger partial charge >= 0.3 is 0 Å². The highest BCUT2D eigenvalue weighted by Crippen LogP contribution is 2.38. The normalized spacial score (nSPS) is 10.4. The number of benzene rings is 1. The third kappa shape index (κ3) is 3.00. The minimum atomic E-state index is -0.114. The van der Waals surface area contributed by atoms with Gasteiger partial charge in [0, 0.05) is 6.92 Å². The van der Waals surface area contributed by atoms with Crippen LogP contribution in [0.5, 0.6) is 17.2 Å². The number of hydrogen-bond donors (Lipinski definition) is 1. The average Bonchev–Trinajstić information content (AvgIpc) is 2.89. The molecular weight excluding hydrogens is 264 g/mol. The monoisotopic (exact) mass is 280 g/mol. The molecule has 7 heteroatoms. The van der Waals surface area contributed by atoms with Crippen molar-refractivity contribution < 1.29 is 23.8 Å². The molecule has 0 fully saturated rings. The number of ether oxygens (including phenoxy) is 3. The van der Waals surface area contributed by atoms with E-state index < -0.39 is 0 Å². The van der Waals surface area contributed by atoms with Crippen LogP contribution in [0, 0.1) is 6.92 Å². The fourth-order valence-corrected chi connectivity index (χ4v) is 1.70. The summed E-state index contributed by atoms with van der Waals surface area (Å²) in [6.07, 6.45) is 0. The van der Waals surface area contributed by atoms with Gasteiger partial charge in [-0.3, -0.25) is 0 Å². The molecule has 7 nitrogen and oxygen atoms in total. The molecule has 0 aliphatic heterocycles. The van der Waals surface area contributed by atoms with Gasteiger partial charge in [0.1, 0.15) is 0 Å². The number of aryl methyl sites for hydroxylation is 1. The highest BCUT2D eigenvalue weighted by molar-refractivity contribution is 5.53. The highest BCUT2D eigenvalue weighted by Gasteiger charge is 2.15. The molecule has 2 aromatic rings. The van der Waals surface area contributed by atoms with Crippen molar-refractivity contribution in [2.24, 2.45) is 0 Å². The van der Waals surface area contributed by atoms with Crippen LogP contribution in [0.4, 0.5) is 0 Å².